The second-order valence-corrected chi connectivity index (χ2v) is 2.65. The molecule has 1 amide bonds. The van der Waals surface area contributed by atoms with Crippen LogP contribution >= 0.6 is 0 Å². The molecule has 1 aliphatic rings. The number of amides is 1. The summed E-state index contributed by atoms with van der Waals surface area (Å²) in [6, 6.07) is 0. The van der Waals surface area contributed by atoms with Gasteiger partial charge in [0.15, 0.2) is 0 Å². The molecule has 0 atom stereocenters. The maximum absolute atomic E-state index is 10.2. The van der Waals surface area contributed by atoms with Crippen molar-refractivity contribution in [3.8, 4) is 0 Å². The summed E-state index contributed by atoms with van der Waals surface area (Å²) in [5.74, 6) is 0.579. The summed E-state index contributed by atoms with van der Waals surface area (Å²) < 4.78 is 0. The minimum absolute atomic E-state index is 0.579. The highest BCUT2D eigenvalue weighted by Gasteiger charge is 2.15. The van der Waals surface area contributed by atoms with E-state index in [0.717, 1.165) is 13.1 Å². The minimum atomic E-state index is 0.579. The molecule has 11 heavy (non-hydrogen) atoms. The number of amidine groups is 1. The van der Waals surface area contributed by atoms with E-state index in [1.165, 1.54) is 0 Å². The van der Waals surface area contributed by atoms with E-state index in [-0.39, 0.29) is 0 Å². The van der Waals surface area contributed by atoms with Gasteiger partial charge in [0.05, 0.1) is 5.84 Å². The van der Waals surface area contributed by atoms with Gasteiger partial charge in [-0.05, 0) is 6.92 Å². The van der Waals surface area contributed by atoms with E-state index in [2.05, 4.69) is 0 Å². The molecule has 0 spiro atoms. The lowest BCUT2D eigenvalue weighted by Gasteiger charge is -2.32. The Hall–Kier alpha value is -1.06. The number of piperazine rings is 1. The zero-order valence-electron chi connectivity index (χ0n) is 6.63. The highest BCUT2D eigenvalue weighted by atomic mass is 16.1. The quantitative estimate of drug-likeness (QED) is 0.415. The van der Waals surface area contributed by atoms with Gasteiger partial charge >= 0.3 is 6.41 Å². The number of nitrogens with zero attached hydrogens (tertiary/aromatic N) is 2. The first-order valence-electron chi connectivity index (χ1n) is 3.67. The van der Waals surface area contributed by atoms with E-state index in [1.807, 2.05) is 11.3 Å². The van der Waals surface area contributed by atoms with Crippen molar-refractivity contribution in [2.45, 2.75) is 6.92 Å². The highest BCUT2D eigenvalue weighted by molar-refractivity contribution is 5.76. The largest absolute Gasteiger partial charge is 0.357 e. The molecule has 0 unspecified atom stereocenters. The van der Waals surface area contributed by atoms with Crippen LogP contribution in [0.15, 0.2) is 0 Å². The normalized spacial score (nSPS) is 18.3. The van der Waals surface area contributed by atoms with Gasteiger partial charge in [0.25, 0.3) is 0 Å². The number of hydrogen-bond acceptors (Lipinski definition) is 2. The number of hydrogen-bond donors (Lipinski definition) is 1. The monoisotopic (exact) mass is 154 g/mol. The zero-order valence-corrected chi connectivity index (χ0v) is 6.63. The molecule has 1 fully saturated rings. The molecule has 0 aromatic rings. The van der Waals surface area contributed by atoms with Gasteiger partial charge in [-0.25, -0.2) is 0 Å². The summed E-state index contributed by atoms with van der Waals surface area (Å²) in [5.41, 5.74) is 0. The van der Waals surface area contributed by atoms with E-state index < -0.39 is 0 Å². The van der Waals surface area contributed by atoms with E-state index >= 15 is 0 Å². The van der Waals surface area contributed by atoms with Gasteiger partial charge in [0.1, 0.15) is 0 Å². The number of carbonyl (C=O) groups excluding carboxylic acids is 1. The maximum Gasteiger partial charge on any atom is 0.312 e. The van der Waals surface area contributed by atoms with E-state index in [1.54, 1.807) is 11.8 Å². The summed E-state index contributed by atoms with van der Waals surface area (Å²) in [7, 11) is 0. The molecule has 1 aliphatic heterocycles. The first kappa shape index (κ1) is 8.04. The molecule has 0 aliphatic carbocycles. The topological polar surface area (TPSA) is 47.4 Å². The third kappa shape index (κ3) is 1.93. The molecular weight excluding hydrogens is 142 g/mol. The van der Waals surface area contributed by atoms with Gasteiger partial charge in [0.2, 0.25) is 0 Å². The average Bonchev–Trinajstić information content (AvgIpc) is 2.05. The van der Waals surface area contributed by atoms with E-state index in [4.69, 9.17) is 5.41 Å². The van der Waals surface area contributed by atoms with Crippen molar-refractivity contribution in [1.82, 2.24) is 9.80 Å². The fourth-order valence-corrected chi connectivity index (χ4v) is 1.13. The zero-order chi connectivity index (χ0) is 8.27. The van der Waals surface area contributed by atoms with Gasteiger partial charge in [-0.3, -0.25) is 10.2 Å². The Morgan fingerprint density at radius 1 is 1.36 bits per heavy atom. The fourth-order valence-electron chi connectivity index (χ4n) is 1.13. The van der Waals surface area contributed by atoms with Gasteiger partial charge in [-0.15, -0.1) is 0 Å². The Kier molecular flexibility index (Phi) is 2.46. The van der Waals surface area contributed by atoms with Crippen molar-refractivity contribution in [1.29, 1.82) is 5.41 Å². The first-order chi connectivity index (χ1) is 5.24. The molecular formula is C7H12N3O. The summed E-state index contributed by atoms with van der Waals surface area (Å²) in [6.07, 6.45) is 1.85. The molecule has 0 bridgehead atoms. The first-order valence-corrected chi connectivity index (χ1v) is 3.67. The second-order valence-electron chi connectivity index (χ2n) is 2.65. The molecule has 61 valence electrons. The van der Waals surface area contributed by atoms with Crippen molar-refractivity contribution in [3.05, 3.63) is 0 Å². The van der Waals surface area contributed by atoms with Crippen LogP contribution in [0.5, 0.6) is 0 Å². The van der Waals surface area contributed by atoms with Crippen LogP contribution in [0.25, 0.3) is 0 Å². The Balaban J connectivity index is 2.35. The van der Waals surface area contributed by atoms with Crippen molar-refractivity contribution in [2.75, 3.05) is 26.2 Å². The third-order valence-corrected chi connectivity index (χ3v) is 1.88. The lowest BCUT2D eigenvalue weighted by Crippen LogP contribution is -2.47. The molecule has 1 N–H and O–H groups in total. The lowest BCUT2D eigenvalue weighted by atomic mass is 10.3. The van der Waals surface area contributed by atoms with E-state index in [0.29, 0.717) is 18.9 Å². The minimum Gasteiger partial charge on any atom is -0.357 e. The molecule has 1 rings (SSSR count). The summed E-state index contributed by atoms with van der Waals surface area (Å²) in [6.45, 7) is 4.69. The van der Waals surface area contributed by atoms with Crippen LogP contribution in [0.3, 0.4) is 0 Å². The van der Waals surface area contributed by atoms with Crippen molar-refractivity contribution < 1.29 is 4.79 Å². The molecule has 4 heteroatoms. The fraction of sp³-hybridized carbons (Fsp3) is 0.714. The molecule has 1 heterocycles. The molecule has 0 aromatic heterocycles. The SMILES string of the molecule is CC(=N)N1CCN([C]=O)CC1. The smallest absolute Gasteiger partial charge is 0.312 e. The standard InChI is InChI=1S/C7H12N3O/c1-7(8)10-4-2-9(6-11)3-5-10/h8H,2-5H2,1H3. The molecule has 0 saturated carbocycles. The number of nitrogens with one attached hydrogen (secondary N) is 1. The van der Waals surface area contributed by atoms with Crippen LogP contribution in [0.4, 0.5) is 0 Å². The Morgan fingerprint density at radius 3 is 2.27 bits per heavy atom. The van der Waals surface area contributed by atoms with Crippen LogP contribution in [0.1, 0.15) is 6.92 Å². The predicted octanol–water partition coefficient (Wildman–Crippen LogP) is -0.332. The molecule has 1 radical (unpaired) electrons. The highest BCUT2D eigenvalue weighted by Crippen LogP contribution is 1.98. The molecule has 0 aromatic carbocycles. The Morgan fingerprint density at radius 2 is 1.91 bits per heavy atom. The van der Waals surface area contributed by atoms with Crippen LogP contribution in [-0.4, -0.2) is 48.2 Å². The third-order valence-electron chi connectivity index (χ3n) is 1.88. The van der Waals surface area contributed by atoms with Crippen LogP contribution in [-0.2, 0) is 4.79 Å². The summed E-state index contributed by atoms with van der Waals surface area (Å²) >= 11 is 0. The van der Waals surface area contributed by atoms with Gasteiger partial charge < -0.3 is 9.80 Å². The molecule has 1 saturated heterocycles. The molecule has 4 nitrogen and oxygen atoms in total. The second kappa shape index (κ2) is 3.37. The van der Waals surface area contributed by atoms with Crippen LogP contribution < -0.4 is 0 Å². The van der Waals surface area contributed by atoms with Crippen molar-refractivity contribution in [2.24, 2.45) is 0 Å². The van der Waals surface area contributed by atoms with Gasteiger partial charge in [-0.1, -0.05) is 0 Å². The average molecular weight is 154 g/mol. The Bertz CT molecular complexity index is 161. The predicted molar refractivity (Wildman–Crippen MR) is 42.2 cm³/mol. The van der Waals surface area contributed by atoms with Crippen LogP contribution in [0.2, 0.25) is 0 Å². The van der Waals surface area contributed by atoms with Gasteiger partial charge in [0, 0.05) is 26.2 Å². The summed E-state index contributed by atoms with van der Waals surface area (Å²) in [5, 5.41) is 7.32. The lowest BCUT2D eigenvalue weighted by molar-refractivity contribution is 0.248. The van der Waals surface area contributed by atoms with E-state index in [9.17, 15) is 4.79 Å². The van der Waals surface area contributed by atoms with Crippen molar-refractivity contribution >= 4 is 12.2 Å². The summed E-state index contributed by atoms with van der Waals surface area (Å²) in [4.78, 5) is 13.7. The Labute approximate surface area is 66.3 Å². The van der Waals surface area contributed by atoms with Crippen LogP contribution in [0, 0.1) is 5.41 Å². The van der Waals surface area contributed by atoms with Gasteiger partial charge in [-0.2, -0.15) is 0 Å². The van der Waals surface area contributed by atoms with Crippen molar-refractivity contribution in [3.63, 3.8) is 0 Å². The number of rotatable bonds is 1. The maximum atomic E-state index is 10.2.